The summed E-state index contributed by atoms with van der Waals surface area (Å²) in [6.45, 7) is 3.10. The molecule has 0 bridgehead atoms. The highest BCUT2D eigenvalue weighted by molar-refractivity contribution is 6.01. The Balaban J connectivity index is 1.30. The first-order chi connectivity index (χ1) is 19.9. The molecule has 6 rings (SSSR count). The lowest BCUT2D eigenvalue weighted by Crippen LogP contribution is -2.70. The summed E-state index contributed by atoms with van der Waals surface area (Å²) < 4.78 is 38.9. The van der Waals surface area contributed by atoms with Gasteiger partial charge in [-0.15, -0.1) is 0 Å². The summed E-state index contributed by atoms with van der Waals surface area (Å²) in [6.07, 6.45) is 0.481. The van der Waals surface area contributed by atoms with Gasteiger partial charge in [0, 0.05) is 16.7 Å². The summed E-state index contributed by atoms with van der Waals surface area (Å²) in [5.41, 5.74) is -5.07. The topological polar surface area (TPSA) is 101 Å². The molecule has 2 aromatic rings. The van der Waals surface area contributed by atoms with Crippen LogP contribution in [0.15, 0.2) is 78.4 Å². The molecule has 8 heteroatoms. The Morgan fingerprint density at radius 3 is 2.36 bits per heavy atom. The summed E-state index contributed by atoms with van der Waals surface area (Å²) in [6, 6.07) is 16.6. The average Bonchev–Trinajstić information content (AvgIpc) is 3.24. The number of carbonyl (C=O) groups is 3. The SMILES string of the molecule is C[C@]12C=CC(=O)C=C1[C@@H](F)C[C@H]1[C@@H]3CC[C@](OC(=O)c4ccc(Cc5ccccc5)cc4)(C(=O)O)[C@@]3(C)C[C@H](O)[C@@]12F. The number of aliphatic hydroxyl groups is 1. The molecule has 0 spiro atoms. The number of esters is 1. The molecule has 42 heavy (non-hydrogen) atoms. The van der Waals surface area contributed by atoms with Crippen LogP contribution < -0.4 is 0 Å². The van der Waals surface area contributed by atoms with Gasteiger partial charge in [0.2, 0.25) is 5.60 Å². The lowest BCUT2D eigenvalue weighted by molar-refractivity contribution is -0.226. The molecule has 0 saturated heterocycles. The number of ether oxygens (including phenoxy) is 1. The highest BCUT2D eigenvalue weighted by Gasteiger charge is 2.77. The van der Waals surface area contributed by atoms with Crippen molar-refractivity contribution in [1.82, 2.24) is 0 Å². The third-order valence-corrected chi connectivity index (χ3v) is 10.8. The molecule has 0 aliphatic heterocycles. The van der Waals surface area contributed by atoms with Gasteiger partial charge < -0.3 is 14.9 Å². The Kier molecular flexibility index (Phi) is 6.57. The second-order valence-electron chi connectivity index (χ2n) is 12.8. The van der Waals surface area contributed by atoms with Crippen molar-refractivity contribution in [3.63, 3.8) is 0 Å². The van der Waals surface area contributed by atoms with E-state index in [1.54, 1.807) is 31.2 Å². The number of aliphatic hydroxyl groups excluding tert-OH is 1. The predicted octanol–water partition coefficient (Wildman–Crippen LogP) is 5.58. The molecule has 2 N–H and O–H groups in total. The second kappa shape index (κ2) is 9.69. The van der Waals surface area contributed by atoms with Crippen LogP contribution in [0, 0.1) is 22.7 Å². The Hall–Kier alpha value is -3.65. The minimum atomic E-state index is -2.34. The van der Waals surface area contributed by atoms with Crippen molar-refractivity contribution < 1.29 is 38.1 Å². The molecule has 0 amide bonds. The summed E-state index contributed by atoms with van der Waals surface area (Å²) in [7, 11) is 0. The number of carbonyl (C=O) groups excluding carboxylic acids is 2. The Morgan fingerprint density at radius 2 is 1.69 bits per heavy atom. The predicted molar refractivity (Wildman–Crippen MR) is 150 cm³/mol. The van der Waals surface area contributed by atoms with Gasteiger partial charge in [-0.25, -0.2) is 18.4 Å². The van der Waals surface area contributed by atoms with Crippen molar-refractivity contribution in [2.45, 2.75) is 69.5 Å². The van der Waals surface area contributed by atoms with Crippen LogP contribution in [0.1, 0.15) is 61.0 Å². The van der Waals surface area contributed by atoms with Gasteiger partial charge in [-0.05, 0) is 85.9 Å². The molecule has 6 nitrogen and oxygen atoms in total. The molecule has 2 aromatic carbocycles. The highest BCUT2D eigenvalue weighted by Crippen LogP contribution is 2.70. The molecule has 220 valence electrons. The largest absolute Gasteiger partial charge is 0.478 e. The fourth-order valence-electron chi connectivity index (χ4n) is 8.56. The number of ketones is 1. The molecule has 3 fully saturated rings. The van der Waals surface area contributed by atoms with Crippen molar-refractivity contribution in [3.8, 4) is 0 Å². The van der Waals surface area contributed by atoms with Crippen LogP contribution in [-0.4, -0.2) is 51.5 Å². The van der Waals surface area contributed by atoms with Crippen LogP contribution in [0.2, 0.25) is 0 Å². The number of carboxylic acid groups (broad SMARTS) is 1. The maximum absolute atomic E-state index is 17.3. The standard InChI is InChI=1S/C34H34F2O6/c1-31-14-12-23(37)17-26(31)27(35)18-25-24-13-15-33(30(40)41,32(24,2)19-28(38)34(25,31)36)42-29(39)22-10-8-21(9-11-22)16-20-6-4-3-5-7-20/h3-12,14,17,24-25,27-28,38H,13,15-16,18-19H2,1-2H3,(H,40,41)/t24-,25-,27-,28-,31-,32-,33-,34-/m0/s1. The van der Waals surface area contributed by atoms with E-state index >= 15 is 8.78 Å². The Labute approximate surface area is 243 Å². The van der Waals surface area contributed by atoms with E-state index in [4.69, 9.17) is 4.74 Å². The molecular formula is C34H34F2O6. The van der Waals surface area contributed by atoms with Crippen molar-refractivity contribution in [2.24, 2.45) is 22.7 Å². The first-order valence-electron chi connectivity index (χ1n) is 14.4. The smallest absolute Gasteiger partial charge is 0.348 e. The van der Waals surface area contributed by atoms with E-state index in [0.29, 0.717) is 6.42 Å². The quantitative estimate of drug-likeness (QED) is 0.451. The minimum Gasteiger partial charge on any atom is -0.478 e. The maximum Gasteiger partial charge on any atom is 0.348 e. The number of alkyl halides is 2. The zero-order chi connectivity index (χ0) is 30.1. The molecule has 8 atom stereocenters. The van der Waals surface area contributed by atoms with Crippen molar-refractivity contribution >= 4 is 17.7 Å². The molecule has 0 radical (unpaired) electrons. The number of hydrogen-bond acceptors (Lipinski definition) is 5. The molecule has 0 aromatic heterocycles. The molecule has 4 aliphatic rings. The molecule has 3 saturated carbocycles. The van der Waals surface area contributed by atoms with E-state index in [1.165, 1.54) is 19.1 Å². The fourth-order valence-corrected chi connectivity index (χ4v) is 8.56. The van der Waals surface area contributed by atoms with Crippen molar-refractivity contribution in [3.05, 3.63) is 95.1 Å². The monoisotopic (exact) mass is 576 g/mol. The molecule has 0 heterocycles. The van der Waals surface area contributed by atoms with Gasteiger partial charge >= 0.3 is 11.9 Å². The minimum absolute atomic E-state index is 0.000960. The van der Waals surface area contributed by atoms with E-state index in [1.807, 2.05) is 30.3 Å². The van der Waals surface area contributed by atoms with Gasteiger partial charge in [-0.1, -0.05) is 55.5 Å². The zero-order valence-corrected chi connectivity index (χ0v) is 23.6. The van der Waals surface area contributed by atoms with E-state index in [-0.39, 0.29) is 36.8 Å². The number of halogens is 2. The van der Waals surface area contributed by atoms with Crippen LogP contribution >= 0.6 is 0 Å². The molecular weight excluding hydrogens is 542 g/mol. The number of fused-ring (bicyclic) bond motifs is 5. The molecule has 0 unspecified atom stereocenters. The third kappa shape index (κ3) is 3.87. The van der Waals surface area contributed by atoms with Gasteiger partial charge in [0.15, 0.2) is 11.5 Å². The van der Waals surface area contributed by atoms with Gasteiger partial charge in [0.1, 0.15) is 6.17 Å². The Bertz CT molecular complexity index is 1500. The van der Waals surface area contributed by atoms with Crippen LogP contribution in [0.3, 0.4) is 0 Å². The molecule has 4 aliphatic carbocycles. The normalized spacial score (nSPS) is 38.6. The third-order valence-electron chi connectivity index (χ3n) is 10.8. The van der Waals surface area contributed by atoms with E-state index in [0.717, 1.165) is 17.2 Å². The first-order valence-corrected chi connectivity index (χ1v) is 14.4. The van der Waals surface area contributed by atoms with E-state index in [9.17, 15) is 24.6 Å². The van der Waals surface area contributed by atoms with Crippen molar-refractivity contribution in [2.75, 3.05) is 0 Å². The maximum atomic E-state index is 17.3. The second-order valence-corrected chi connectivity index (χ2v) is 12.8. The summed E-state index contributed by atoms with van der Waals surface area (Å²) in [4.78, 5) is 38.4. The van der Waals surface area contributed by atoms with Gasteiger partial charge in [0.25, 0.3) is 0 Å². The number of aliphatic carboxylic acids is 1. The first kappa shape index (κ1) is 28.5. The number of benzene rings is 2. The summed E-state index contributed by atoms with van der Waals surface area (Å²) >= 11 is 0. The van der Waals surface area contributed by atoms with Gasteiger partial charge in [0.05, 0.1) is 11.7 Å². The van der Waals surface area contributed by atoms with Gasteiger partial charge in [-0.3, -0.25) is 4.79 Å². The number of carboxylic acids is 1. The average molecular weight is 577 g/mol. The van der Waals surface area contributed by atoms with Crippen LogP contribution in [0.5, 0.6) is 0 Å². The summed E-state index contributed by atoms with van der Waals surface area (Å²) in [5.74, 6) is -4.38. The van der Waals surface area contributed by atoms with Gasteiger partial charge in [-0.2, -0.15) is 0 Å². The summed E-state index contributed by atoms with van der Waals surface area (Å²) in [5, 5.41) is 22.0. The van der Waals surface area contributed by atoms with Crippen molar-refractivity contribution in [1.29, 1.82) is 0 Å². The van der Waals surface area contributed by atoms with E-state index in [2.05, 4.69) is 0 Å². The number of hydrogen-bond donors (Lipinski definition) is 2. The number of allylic oxidation sites excluding steroid dienone is 4. The lowest BCUT2D eigenvalue weighted by Gasteiger charge is -2.62. The Morgan fingerprint density at radius 1 is 1.02 bits per heavy atom. The highest BCUT2D eigenvalue weighted by atomic mass is 19.1. The van der Waals surface area contributed by atoms with E-state index < -0.39 is 63.9 Å². The number of rotatable bonds is 5. The van der Waals surface area contributed by atoms with Crippen LogP contribution in [0.25, 0.3) is 0 Å². The van der Waals surface area contributed by atoms with Crippen LogP contribution in [0.4, 0.5) is 8.78 Å². The lowest BCUT2D eigenvalue weighted by atomic mass is 9.44. The van der Waals surface area contributed by atoms with Crippen LogP contribution in [-0.2, 0) is 20.7 Å². The fraction of sp³-hybridized carbons (Fsp3) is 0.441. The zero-order valence-electron chi connectivity index (χ0n) is 23.6.